The van der Waals surface area contributed by atoms with Gasteiger partial charge in [0.2, 0.25) is 0 Å². The Balaban J connectivity index is 1.91. The number of ether oxygens (including phenoxy) is 1. The standard InChI is InChI=1S/C15H19BrClNO/c16-10-11-9-12(17)5-6-13(11)18-7-8-19-15-4-2-1-3-14(15)18/h5-6,9,14-15H,1-4,7-8,10H2. The second-order valence-electron chi connectivity index (χ2n) is 5.36. The minimum Gasteiger partial charge on any atom is -0.374 e. The average molecular weight is 345 g/mol. The average Bonchev–Trinajstić information content (AvgIpc) is 2.46. The summed E-state index contributed by atoms with van der Waals surface area (Å²) in [7, 11) is 0. The normalized spacial score (nSPS) is 27.2. The van der Waals surface area contributed by atoms with Crippen molar-refractivity contribution in [2.75, 3.05) is 18.1 Å². The number of halogens is 2. The van der Waals surface area contributed by atoms with Gasteiger partial charge in [-0.1, -0.05) is 40.4 Å². The number of fused-ring (bicyclic) bond motifs is 1. The molecule has 0 N–H and O–H groups in total. The fourth-order valence-corrected chi connectivity index (χ4v) is 3.98. The molecule has 1 aliphatic carbocycles. The van der Waals surface area contributed by atoms with Crippen LogP contribution >= 0.6 is 27.5 Å². The largest absolute Gasteiger partial charge is 0.374 e. The third kappa shape index (κ3) is 2.79. The molecule has 0 amide bonds. The third-order valence-corrected chi connectivity index (χ3v) is 5.07. The number of alkyl halides is 1. The topological polar surface area (TPSA) is 12.5 Å². The van der Waals surface area contributed by atoms with E-state index in [0.29, 0.717) is 12.1 Å². The van der Waals surface area contributed by atoms with E-state index >= 15 is 0 Å². The van der Waals surface area contributed by atoms with Gasteiger partial charge in [-0.25, -0.2) is 0 Å². The maximum absolute atomic E-state index is 6.11. The highest BCUT2D eigenvalue weighted by molar-refractivity contribution is 9.08. The van der Waals surface area contributed by atoms with Gasteiger partial charge in [0, 0.05) is 22.6 Å². The highest BCUT2D eigenvalue weighted by Gasteiger charge is 2.34. The summed E-state index contributed by atoms with van der Waals surface area (Å²) in [6.07, 6.45) is 5.49. The maximum atomic E-state index is 6.11. The zero-order valence-corrected chi connectivity index (χ0v) is 13.3. The van der Waals surface area contributed by atoms with Crippen LogP contribution in [-0.2, 0) is 10.1 Å². The minimum atomic E-state index is 0.418. The third-order valence-electron chi connectivity index (χ3n) is 4.23. The number of anilines is 1. The first-order valence-electron chi connectivity index (χ1n) is 7.02. The van der Waals surface area contributed by atoms with E-state index in [1.54, 1.807) is 0 Å². The van der Waals surface area contributed by atoms with E-state index in [4.69, 9.17) is 16.3 Å². The molecule has 2 atom stereocenters. The Kier molecular flexibility index (Phi) is 4.35. The van der Waals surface area contributed by atoms with Crippen LogP contribution in [0.25, 0.3) is 0 Å². The summed E-state index contributed by atoms with van der Waals surface area (Å²) in [4.78, 5) is 2.54. The molecule has 0 radical (unpaired) electrons. The monoisotopic (exact) mass is 343 g/mol. The molecule has 1 saturated heterocycles. The Morgan fingerprint density at radius 1 is 1.32 bits per heavy atom. The van der Waals surface area contributed by atoms with Gasteiger partial charge < -0.3 is 9.64 Å². The second kappa shape index (κ2) is 6.02. The highest BCUT2D eigenvalue weighted by atomic mass is 79.9. The van der Waals surface area contributed by atoms with Crippen LogP contribution in [0.5, 0.6) is 0 Å². The smallest absolute Gasteiger partial charge is 0.0779 e. The van der Waals surface area contributed by atoms with Gasteiger partial charge in [0.05, 0.1) is 18.8 Å². The summed E-state index contributed by atoms with van der Waals surface area (Å²) in [5, 5.41) is 1.66. The lowest BCUT2D eigenvalue weighted by Crippen LogP contribution is -2.53. The number of nitrogens with zero attached hydrogens (tertiary/aromatic N) is 1. The molecule has 104 valence electrons. The Morgan fingerprint density at radius 3 is 3.00 bits per heavy atom. The molecule has 2 unspecified atom stereocenters. The van der Waals surface area contributed by atoms with Gasteiger partial charge >= 0.3 is 0 Å². The first-order valence-corrected chi connectivity index (χ1v) is 8.52. The molecule has 2 fully saturated rings. The lowest BCUT2D eigenvalue weighted by atomic mass is 9.89. The summed E-state index contributed by atoms with van der Waals surface area (Å²) < 4.78 is 5.95. The maximum Gasteiger partial charge on any atom is 0.0779 e. The van der Waals surface area contributed by atoms with Crippen molar-refractivity contribution < 1.29 is 4.74 Å². The molecule has 1 aromatic rings. The van der Waals surface area contributed by atoms with Gasteiger partial charge in [0.1, 0.15) is 0 Å². The van der Waals surface area contributed by atoms with E-state index in [2.05, 4.69) is 33.0 Å². The molecule has 0 aromatic heterocycles. The second-order valence-corrected chi connectivity index (χ2v) is 6.36. The minimum absolute atomic E-state index is 0.418. The number of benzene rings is 1. The van der Waals surface area contributed by atoms with Gasteiger partial charge in [0.15, 0.2) is 0 Å². The van der Waals surface area contributed by atoms with Crippen LogP contribution in [0.4, 0.5) is 5.69 Å². The lowest BCUT2D eigenvalue weighted by Gasteiger charge is -2.45. The summed E-state index contributed by atoms with van der Waals surface area (Å²) in [6, 6.07) is 6.77. The molecule has 2 nitrogen and oxygen atoms in total. The number of hydrogen-bond acceptors (Lipinski definition) is 2. The highest BCUT2D eigenvalue weighted by Crippen LogP contribution is 2.35. The zero-order chi connectivity index (χ0) is 13.2. The van der Waals surface area contributed by atoms with Crippen molar-refractivity contribution in [3.8, 4) is 0 Å². The number of morpholine rings is 1. The van der Waals surface area contributed by atoms with Crippen LogP contribution in [0, 0.1) is 0 Å². The molecule has 1 heterocycles. The molecular formula is C15H19BrClNO. The molecule has 2 aliphatic rings. The first kappa shape index (κ1) is 13.7. The van der Waals surface area contributed by atoms with Crippen molar-refractivity contribution in [3.05, 3.63) is 28.8 Å². The molecule has 0 spiro atoms. The van der Waals surface area contributed by atoms with Gasteiger partial charge in [-0.2, -0.15) is 0 Å². The van der Waals surface area contributed by atoms with Crippen molar-refractivity contribution >= 4 is 33.2 Å². The van der Waals surface area contributed by atoms with E-state index < -0.39 is 0 Å². The zero-order valence-electron chi connectivity index (χ0n) is 10.9. The molecule has 1 aromatic carbocycles. The molecule has 1 saturated carbocycles. The molecule has 3 rings (SSSR count). The van der Waals surface area contributed by atoms with Crippen LogP contribution in [0.3, 0.4) is 0 Å². The predicted molar refractivity (Wildman–Crippen MR) is 83.4 cm³/mol. The van der Waals surface area contributed by atoms with Crippen molar-refractivity contribution in [3.63, 3.8) is 0 Å². The van der Waals surface area contributed by atoms with Gasteiger partial charge in [0.25, 0.3) is 0 Å². The van der Waals surface area contributed by atoms with Crippen molar-refractivity contribution in [2.24, 2.45) is 0 Å². The van der Waals surface area contributed by atoms with E-state index in [0.717, 1.165) is 23.5 Å². The number of hydrogen-bond donors (Lipinski definition) is 0. The summed E-state index contributed by atoms with van der Waals surface area (Å²) in [5.74, 6) is 0. The molecule has 0 bridgehead atoms. The molecular weight excluding hydrogens is 326 g/mol. The molecule has 19 heavy (non-hydrogen) atoms. The quantitative estimate of drug-likeness (QED) is 0.738. The Bertz CT molecular complexity index is 452. The van der Waals surface area contributed by atoms with Crippen molar-refractivity contribution in [1.29, 1.82) is 0 Å². The number of rotatable bonds is 2. The SMILES string of the molecule is Clc1ccc(N2CCOC3CCCCC32)c(CBr)c1. The van der Waals surface area contributed by atoms with E-state index in [9.17, 15) is 0 Å². The Morgan fingerprint density at radius 2 is 2.16 bits per heavy atom. The van der Waals surface area contributed by atoms with Gasteiger partial charge in [-0.15, -0.1) is 0 Å². The Hall–Kier alpha value is -0.250. The van der Waals surface area contributed by atoms with E-state index in [1.807, 2.05) is 6.07 Å². The Labute approximate surface area is 128 Å². The van der Waals surface area contributed by atoms with Crippen LogP contribution in [0.2, 0.25) is 5.02 Å². The molecule has 4 heteroatoms. The summed E-state index contributed by atoms with van der Waals surface area (Å²) in [5.41, 5.74) is 2.60. The van der Waals surface area contributed by atoms with Crippen LogP contribution < -0.4 is 4.90 Å². The summed E-state index contributed by atoms with van der Waals surface area (Å²) in [6.45, 7) is 1.83. The van der Waals surface area contributed by atoms with E-state index in [-0.39, 0.29) is 0 Å². The summed E-state index contributed by atoms with van der Waals surface area (Å²) >= 11 is 9.69. The van der Waals surface area contributed by atoms with Gasteiger partial charge in [-0.05, 0) is 36.6 Å². The first-order chi connectivity index (χ1) is 9.29. The van der Waals surface area contributed by atoms with Gasteiger partial charge in [-0.3, -0.25) is 0 Å². The van der Waals surface area contributed by atoms with Crippen molar-refractivity contribution in [1.82, 2.24) is 0 Å². The fourth-order valence-electron chi connectivity index (χ4n) is 3.34. The molecule has 1 aliphatic heterocycles. The van der Waals surface area contributed by atoms with Crippen molar-refractivity contribution in [2.45, 2.75) is 43.2 Å². The van der Waals surface area contributed by atoms with E-state index in [1.165, 1.54) is 36.9 Å². The van der Waals surface area contributed by atoms with Crippen LogP contribution in [0.15, 0.2) is 18.2 Å². The van der Waals surface area contributed by atoms with Crippen LogP contribution in [-0.4, -0.2) is 25.3 Å². The van der Waals surface area contributed by atoms with Crippen LogP contribution in [0.1, 0.15) is 31.2 Å². The predicted octanol–water partition coefficient (Wildman–Crippen LogP) is 4.38. The lowest BCUT2D eigenvalue weighted by molar-refractivity contribution is -0.00871. The fraction of sp³-hybridized carbons (Fsp3) is 0.600.